The molecule has 1 aliphatic heterocycles. The van der Waals surface area contributed by atoms with Crippen LogP contribution in [0.4, 0.5) is 9.59 Å². The topological polar surface area (TPSA) is 163 Å². The van der Waals surface area contributed by atoms with Gasteiger partial charge in [-0.25, -0.2) is 14.5 Å². The highest BCUT2D eigenvalue weighted by Gasteiger charge is 2.45. The fraction of sp³-hybridized carbons (Fsp3) is 0.571. The first-order valence-electron chi connectivity index (χ1n) is 4.70. The molecule has 1 atom stereocenters. The Morgan fingerprint density at radius 3 is 2.44 bits per heavy atom. The highest BCUT2D eigenvalue weighted by atomic mass is 16.5. The average molecular weight is 264 g/mol. The Morgan fingerprint density at radius 2 is 2.06 bits per heavy atom. The van der Waals surface area contributed by atoms with Crippen molar-refractivity contribution >= 4 is 18.0 Å². The van der Waals surface area contributed by atoms with Gasteiger partial charge in [0.05, 0.1) is 0 Å². The second kappa shape index (κ2) is 5.59. The van der Waals surface area contributed by atoms with Gasteiger partial charge in [0.25, 0.3) is 5.91 Å². The second-order valence-corrected chi connectivity index (χ2v) is 3.16. The van der Waals surface area contributed by atoms with Crippen molar-refractivity contribution in [3.8, 4) is 0 Å². The van der Waals surface area contributed by atoms with Gasteiger partial charge in [-0.3, -0.25) is 9.69 Å². The van der Waals surface area contributed by atoms with Crippen LogP contribution < -0.4 is 10.6 Å². The average Bonchev–Trinajstić information content (AvgIpc) is 2.56. The molecule has 0 aliphatic carbocycles. The summed E-state index contributed by atoms with van der Waals surface area (Å²) in [4.78, 5) is 34.7. The number of nitrogens with one attached hydrogen (secondary N) is 2. The Labute approximate surface area is 100 Å². The van der Waals surface area contributed by atoms with E-state index in [2.05, 4.69) is 0 Å². The SMILES string of the molecule is O=C(NCO)N(CO)C1NC(=O)N(C(O)O)C1=O. The molecule has 0 saturated carbocycles. The van der Waals surface area contributed by atoms with E-state index in [0.29, 0.717) is 4.90 Å². The fourth-order valence-corrected chi connectivity index (χ4v) is 1.34. The van der Waals surface area contributed by atoms with E-state index in [-0.39, 0.29) is 4.90 Å². The molecule has 0 aromatic rings. The van der Waals surface area contributed by atoms with Gasteiger partial charge in [-0.05, 0) is 0 Å². The van der Waals surface area contributed by atoms with Crippen molar-refractivity contribution in [1.82, 2.24) is 20.4 Å². The van der Waals surface area contributed by atoms with Gasteiger partial charge in [-0.1, -0.05) is 0 Å². The molecule has 0 radical (unpaired) electrons. The largest absolute Gasteiger partial charge is 0.376 e. The molecular formula is C7H12N4O7. The third-order valence-corrected chi connectivity index (χ3v) is 2.14. The third-order valence-electron chi connectivity index (χ3n) is 2.14. The summed E-state index contributed by atoms with van der Waals surface area (Å²) in [6.45, 7) is -1.67. The molecule has 1 saturated heterocycles. The van der Waals surface area contributed by atoms with Crippen LogP contribution in [-0.2, 0) is 4.79 Å². The molecule has 0 bridgehead atoms. The van der Waals surface area contributed by atoms with Gasteiger partial charge in [-0.15, -0.1) is 0 Å². The molecule has 5 amide bonds. The van der Waals surface area contributed by atoms with Crippen LogP contribution in [0.3, 0.4) is 0 Å². The number of imide groups is 1. The maximum Gasteiger partial charge on any atom is 0.330 e. The molecule has 11 nitrogen and oxygen atoms in total. The molecule has 6 N–H and O–H groups in total. The molecule has 1 aliphatic rings. The van der Waals surface area contributed by atoms with Crippen LogP contribution >= 0.6 is 0 Å². The van der Waals surface area contributed by atoms with E-state index in [9.17, 15) is 14.4 Å². The normalized spacial score (nSPS) is 19.2. The fourth-order valence-electron chi connectivity index (χ4n) is 1.34. The molecule has 0 aromatic carbocycles. The Bertz CT molecular complexity index is 360. The number of aliphatic hydroxyl groups is 4. The van der Waals surface area contributed by atoms with E-state index in [1.165, 1.54) is 0 Å². The minimum atomic E-state index is -2.36. The highest BCUT2D eigenvalue weighted by Crippen LogP contribution is 2.11. The zero-order valence-electron chi connectivity index (χ0n) is 8.98. The van der Waals surface area contributed by atoms with Crippen LogP contribution in [0.15, 0.2) is 0 Å². The number of urea groups is 2. The number of carbonyl (C=O) groups is 3. The van der Waals surface area contributed by atoms with Crippen molar-refractivity contribution in [2.24, 2.45) is 0 Å². The number of rotatable bonds is 4. The summed E-state index contributed by atoms with van der Waals surface area (Å²) in [5.74, 6) is -1.13. The van der Waals surface area contributed by atoms with Crippen molar-refractivity contribution in [2.75, 3.05) is 13.5 Å². The minimum Gasteiger partial charge on any atom is -0.376 e. The standard InChI is InChI=1S/C7H12N4O7/c12-1-8-5(15)10(2-13)3-4(14)11(7(17)18)6(16)9-3/h3,7,12-13,17-18H,1-2H2,(H,8,15)(H,9,16). The molecular weight excluding hydrogens is 252 g/mol. The Morgan fingerprint density at radius 1 is 1.44 bits per heavy atom. The lowest BCUT2D eigenvalue weighted by atomic mass is 10.4. The van der Waals surface area contributed by atoms with Crippen molar-refractivity contribution in [1.29, 1.82) is 0 Å². The first-order chi connectivity index (χ1) is 8.43. The predicted octanol–water partition coefficient (Wildman–Crippen LogP) is -3.96. The van der Waals surface area contributed by atoms with Gasteiger partial charge in [0.2, 0.25) is 6.41 Å². The van der Waals surface area contributed by atoms with Crippen molar-refractivity contribution in [3.63, 3.8) is 0 Å². The Kier molecular flexibility index (Phi) is 4.38. The molecule has 0 aromatic heterocycles. The Hall–Kier alpha value is -1.95. The number of aliphatic hydroxyl groups excluding tert-OH is 3. The van der Waals surface area contributed by atoms with E-state index < -0.39 is 44.0 Å². The zero-order chi connectivity index (χ0) is 13.9. The van der Waals surface area contributed by atoms with Crippen LogP contribution in [0.1, 0.15) is 0 Å². The molecule has 1 fully saturated rings. The summed E-state index contributed by atoms with van der Waals surface area (Å²) >= 11 is 0. The summed E-state index contributed by atoms with van der Waals surface area (Å²) in [6, 6.07) is -2.15. The zero-order valence-corrected chi connectivity index (χ0v) is 8.98. The van der Waals surface area contributed by atoms with Crippen LogP contribution in [0, 0.1) is 0 Å². The van der Waals surface area contributed by atoms with Crippen LogP contribution in [0.5, 0.6) is 0 Å². The predicted molar refractivity (Wildman–Crippen MR) is 51.9 cm³/mol. The lowest BCUT2D eigenvalue weighted by Crippen LogP contribution is -2.54. The van der Waals surface area contributed by atoms with Gasteiger partial charge in [0, 0.05) is 0 Å². The molecule has 18 heavy (non-hydrogen) atoms. The van der Waals surface area contributed by atoms with Crippen LogP contribution in [0.2, 0.25) is 0 Å². The van der Waals surface area contributed by atoms with Gasteiger partial charge >= 0.3 is 12.1 Å². The maximum absolute atomic E-state index is 11.6. The van der Waals surface area contributed by atoms with Crippen molar-refractivity contribution in [3.05, 3.63) is 0 Å². The van der Waals surface area contributed by atoms with E-state index >= 15 is 0 Å². The van der Waals surface area contributed by atoms with Gasteiger partial charge < -0.3 is 31.1 Å². The molecule has 1 unspecified atom stereocenters. The number of nitrogens with zero attached hydrogens (tertiary/aromatic N) is 2. The van der Waals surface area contributed by atoms with Gasteiger partial charge in [-0.2, -0.15) is 0 Å². The number of hydrogen-bond acceptors (Lipinski definition) is 7. The molecule has 1 rings (SSSR count). The number of hydrogen-bond donors (Lipinski definition) is 6. The molecule has 1 heterocycles. The highest BCUT2D eigenvalue weighted by molar-refractivity contribution is 6.05. The number of carbonyl (C=O) groups excluding carboxylic acids is 3. The smallest absolute Gasteiger partial charge is 0.330 e. The van der Waals surface area contributed by atoms with E-state index in [1.54, 1.807) is 0 Å². The molecule has 102 valence electrons. The monoisotopic (exact) mass is 264 g/mol. The lowest BCUT2D eigenvalue weighted by molar-refractivity contribution is -0.162. The first-order valence-corrected chi connectivity index (χ1v) is 4.70. The summed E-state index contributed by atoms with van der Waals surface area (Å²) in [5, 5.41) is 38.9. The first kappa shape index (κ1) is 14.1. The van der Waals surface area contributed by atoms with Crippen molar-refractivity contribution in [2.45, 2.75) is 12.6 Å². The van der Waals surface area contributed by atoms with Crippen LogP contribution in [-0.4, -0.2) is 74.2 Å². The maximum atomic E-state index is 11.6. The quantitative estimate of drug-likeness (QED) is 0.223. The third kappa shape index (κ3) is 2.48. The van der Waals surface area contributed by atoms with Crippen LogP contribution in [0.25, 0.3) is 0 Å². The van der Waals surface area contributed by atoms with E-state index in [0.717, 1.165) is 0 Å². The van der Waals surface area contributed by atoms with Crippen molar-refractivity contribution < 1.29 is 34.8 Å². The summed E-state index contributed by atoms with van der Waals surface area (Å²) < 4.78 is 0. The lowest BCUT2D eigenvalue weighted by Gasteiger charge is -2.24. The summed E-state index contributed by atoms with van der Waals surface area (Å²) in [7, 11) is 0. The number of amides is 5. The summed E-state index contributed by atoms with van der Waals surface area (Å²) in [5.41, 5.74) is 0. The summed E-state index contributed by atoms with van der Waals surface area (Å²) in [6.07, 6.45) is -3.94. The molecule has 11 heteroatoms. The minimum absolute atomic E-state index is 0.0690. The van der Waals surface area contributed by atoms with E-state index in [4.69, 9.17) is 20.4 Å². The van der Waals surface area contributed by atoms with E-state index in [1.807, 2.05) is 10.6 Å². The molecule has 0 spiro atoms. The second-order valence-electron chi connectivity index (χ2n) is 3.16. The van der Waals surface area contributed by atoms with Gasteiger partial charge in [0.1, 0.15) is 13.5 Å². The Balaban J connectivity index is 2.86. The van der Waals surface area contributed by atoms with Gasteiger partial charge in [0.15, 0.2) is 6.17 Å².